The maximum Gasteiger partial charge on any atom is 0.262 e. The van der Waals surface area contributed by atoms with Gasteiger partial charge in [0.15, 0.2) is 18.2 Å². The summed E-state index contributed by atoms with van der Waals surface area (Å²) in [6.07, 6.45) is 0. The van der Waals surface area contributed by atoms with Gasteiger partial charge in [0, 0.05) is 4.47 Å². The van der Waals surface area contributed by atoms with E-state index in [2.05, 4.69) is 21.2 Å². The topological polar surface area (TPSA) is 38.3 Å². The van der Waals surface area contributed by atoms with Crippen molar-refractivity contribution in [2.24, 2.45) is 0 Å². The van der Waals surface area contributed by atoms with Gasteiger partial charge in [-0.3, -0.25) is 4.79 Å². The number of ether oxygens (including phenoxy) is 1. The van der Waals surface area contributed by atoms with Crippen LogP contribution in [0.15, 0.2) is 46.9 Å². The van der Waals surface area contributed by atoms with Gasteiger partial charge >= 0.3 is 0 Å². The van der Waals surface area contributed by atoms with Gasteiger partial charge in [-0.05, 0) is 30.3 Å². The number of benzene rings is 2. The molecule has 0 saturated heterocycles. The van der Waals surface area contributed by atoms with Crippen molar-refractivity contribution in [1.82, 2.24) is 0 Å². The SMILES string of the molecule is O=C(COc1cc(Br)ccc1F)Nc1ccccc1F. The molecule has 0 heterocycles. The molecule has 2 aromatic rings. The molecule has 0 aromatic heterocycles. The third-order valence-corrected chi connectivity index (χ3v) is 2.89. The first-order valence-electron chi connectivity index (χ1n) is 5.68. The summed E-state index contributed by atoms with van der Waals surface area (Å²) in [4.78, 5) is 11.6. The molecular formula is C14H10BrF2NO2. The second-order valence-electron chi connectivity index (χ2n) is 3.89. The van der Waals surface area contributed by atoms with E-state index in [9.17, 15) is 13.6 Å². The Morgan fingerprint density at radius 2 is 1.90 bits per heavy atom. The number of halogens is 3. The fraction of sp³-hybridized carbons (Fsp3) is 0.0714. The van der Waals surface area contributed by atoms with Crippen LogP contribution in [0, 0.1) is 11.6 Å². The number of anilines is 1. The van der Waals surface area contributed by atoms with E-state index >= 15 is 0 Å². The van der Waals surface area contributed by atoms with Crippen molar-refractivity contribution in [2.75, 3.05) is 11.9 Å². The van der Waals surface area contributed by atoms with Gasteiger partial charge in [0.25, 0.3) is 5.91 Å². The van der Waals surface area contributed by atoms with Crippen molar-refractivity contribution in [3.63, 3.8) is 0 Å². The van der Waals surface area contributed by atoms with Crippen LogP contribution < -0.4 is 10.1 Å². The second kappa shape index (κ2) is 6.47. The smallest absolute Gasteiger partial charge is 0.262 e. The standard InChI is InChI=1S/C14H10BrF2NO2/c15-9-5-6-11(17)13(7-9)20-8-14(19)18-12-4-2-1-3-10(12)16/h1-7H,8H2,(H,18,19). The summed E-state index contributed by atoms with van der Waals surface area (Å²) >= 11 is 3.17. The number of amides is 1. The molecule has 2 rings (SSSR count). The van der Waals surface area contributed by atoms with Crippen LogP contribution in [0.5, 0.6) is 5.75 Å². The number of rotatable bonds is 4. The van der Waals surface area contributed by atoms with E-state index in [4.69, 9.17) is 4.74 Å². The molecule has 0 radical (unpaired) electrons. The van der Waals surface area contributed by atoms with Crippen molar-refractivity contribution < 1.29 is 18.3 Å². The number of carbonyl (C=O) groups excluding carboxylic acids is 1. The highest BCUT2D eigenvalue weighted by Crippen LogP contribution is 2.22. The van der Waals surface area contributed by atoms with Crippen LogP contribution in [0.4, 0.5) is 14.5 Å². The molecule has 0 spiro atoms. The Labute approximate surface area is 122 Å². The van der Waals surface area contributed by atoms with Crippen LogP contribution in [-0.2, 0) is 4.79 Å². The molecule has 2 aromatic carbocycles. The minimum atomic E-state index is -0.577. The average Bonchev–Trinajstić information content (AvgIpc) is 2.42. The first kappa shape index (κ1) is 14.5. The summed E-state index contributed by atoms with van der Waals surface area (Å²) in [5.74, 6) is -1.75. The van der Waals surface area contributed by atoms with Gasteiger partial charge < -0.3 is 10.1 Å². The zero-order valence-electron chi connectivity index (χ0n) is 10.2. The average molecular weight is 342 g/mol. The van der Waals surface area contributed by atoms with Crippen molar-refractivity contribution in [3.8, 4) is 5.75 Å². The molecule has 6 heteroatoms. The largest absolute Gasteiger partial charge is 0.481 e. The van der Waals surface area contributed by atoms with Gasteiger partial charge in [0.1, 0.15) is 5.82 Å². The molecule has 0 aliphatic rings. The molecule has 0 fully saturated rings. The monoisotopic (exact) mass is 341 g/mol. The van der Waals surface area contributed by atoms with E-state index in [1.807, 2.05) is 0 Å². The number of hydrogen-bond acceptors (Lipinski definition) is 2. The summed E-state index contributed by atoms with van der Waals surface area (Å²) in [5, 5.41) is 2.34. The van der Waals surface area contributed by atoms with Gasteiger partial charge in [-0.15, -0.1) is 0 Å². The normalized spacial score (nSPS) is 10.2. The third-order valence-electron chi connectivity index (χ3n) is 2.40. The first-order valence-corrected chi connectivity index (χ1v) is 6.48. The van der Waals surface area contributed by atoms with Crippen molar-refractivity contribution in [2.45, 2.75) is 0 Å². The maximum atomic E-state index is 13.4. The van der Waals surface area contributed by atoms with Crippen LogP contribution >= 0.6 is 15.9 Å². The summed E-state index contributed by atoms with van der Waals surface area (Å²) in [7, 11) is 0. The lowest BCUT2D eigenvalue weighted by Crippen LogP contribution is -2.21. The zero-order chi connectivity index (χ0) is 14.5. The minimum absolute atomic E-state index is 0.0517. The molecule has 3 nitrogen and oxygen atoms in total. The first-order chi connectivity index (χ1) is 9.56. The van der Waals surface area contributed by atoms with E-state index in [1.165, 1.54) is 36.4 Å². The molecule has 1 N–H and O–H groups in total. The summed E-state index contributed by atoms with van der Waals surface area (Å²) in [6, 6.07) is 9.89. The van der Waals surface area contributed by atoms with Crippen LogP contribution in [-0.4, -0.2) is 12.5 Å². The van der Waals surface area contributed by atoms with E-state index in [0.717, 1.165) is 0 Å². The Balaban J connectivity index is 1.96. The lowest BCUT2D eigenvalue weighted by molar-refractivity contribution is -0.118. The van der Waals surface area contributed by atoms with Crippen molar-refractivity contribution in [1.29, 1.82) is 0 Å². The Morgan fingerprint density at radius 3 is 2.65 bits per heavy atom. The van der Waals surface area contributed by atoms with Gasteiger partial charge in [-0.2, -0.15) is 0 Å². The van der Waals surface area contributed by atoms with E-state index in [-0.39, 0.29) is 11.4 Å². The maximum absolute atomic E-state index is 13.4. The fourth-order valence-corrected chi connectivity index (χ4v) is 1.82. The zero-order valence-corrected chi connectivity index (χ0v) is 11.8. The van der Waals surface area contributed by atoms with E-state index in [0.29, 0.717) is 4.47 Å². The third kappa shape index (κ3) is 3.77. The quantitative estimate of drug-likeness (QED) is 0.919. The summed E-state index contributed by atoms with van der Waals surface area (Å²) in [6.45, 7) is -0.415. The number of carbonyl (C=O) groups is 1. The van der Waals surface area contributed by atoms with Gasteiger partial charge in [0.2, 0.25) is 0 Å². The highest BCUT2D eigenvalue weighted by Gasteiger charge is 2.09. The number of hydrogen-bond donors (Lipinski definition) is 1. The highest BCUT2D eigenvalue weighted by molar-refractivity contribution is 9.10. The Hall–Kier alpha value is -1.95. The lowest BCUT2D eigenvalue weighted by atomic mass is 10.3. The highest BCUT2D eigenvalue weighted by atomic mass is 79.9. The Bertz CT molecular complexity index is 634. The molecule has 0 saturated carbocycles. The van der Waals surface area contributed by atoms with Crippen LogP contribution in [0.1, 0.15) is 0 Å². The van der Waals surface area contributed by atoms with Crippen LogP contribution in [0.25, 0.3) is 0 Å². The Morgan fingerprint density at radius 1 is 1.15 bits per heavy atom. The predicted octanol–water partition coefficient (Wildman–Crippen LogP) is 3.74. The molecular weight excluding hydrogens is 332 g/mol. The van der Waals surface area contributed by atoms with Crippen molar-refractivity contribution in [3.05, 3.63) is 58.6 Å². The lowest BCUT2D eigenvalue weighted by Gasteiger charge is -2.09. The molecule has 0 aliphatic carbocycles. The summed E-state index contributed by atoms with van der Waals surface area (Å²) < 4.78 is 32.4. The van der Waals surface area contributed by atoms with Crippen LogP contribution in [0.3, 0.4) is 0 Å². The van der Waals surface area contributed by atoms with E-state index < -0.39 is 24.1 Å². The number of para-hydroxylation sites is 1. The number of nitrogens with one attached hydrogen (secondary N) is 1. The molecule has 1 amide bonds. The molecule has 0 aliphatic heterocycles. The summed E-state index contributed by atoms with van der Waals surface area (Å²) in [5.41, 5.74) is 0.0517. The van der Waals surface area contributed by atoms with Gasteiger partial charge in [0.05, 0.1) is 5.69 Å². The van der Waals surface area contributed by atoms with Crippen LogP contribution in [0.2, 0.25) is 0 Å². The van der Waals surface area contributed by atoms with E-state index in [1.54, 1.807) is 6.07 Å². The van der Waals surface area contributed by atoms with Gasteiger partial charge in [-0.25, -0.2) is 8.78 Å². The molecule has 0 unspecified atom stereocenters. The predicted molar refractivity (Wildman–Crippen MR) is 74.6 cm³/mol. The second-order valence-corrected chi connectivity index (χ2v) is 4.81. The van der Waals surface area contributed by atoms with Crippen molar-refractivity contribution >= 4 is 27.5 Å². The van der Waals surface area contributed by atoms with Gasteiger partial charge in [-0.1, -0.05) is 28.1 Å². The molecule has 0 bridgehead atoms. The molecule has 104 valence electrons. The Kier molecular flexibility index (Phi) is 4.68. The minimum Gasteiger partial charge on any atom is -0.481 e. The fourth-order valence-electron chi connectivity index (χ4n) is 1.48. The molecule has 0 atom stereocenters. The molecule has 20 heavy (non-hydrogen) atoms.